The van der Waals surface area contributed by atoms with Crippen LogP contribution in [0.5, 0.6) is 11.5 Å². The number of sulfonamides is 1. The standard InChI is InChI=1S/C22H23F3N2O5S/c1-31-18-13-16(14-19(15-18)32-2)3-8-21(28)26-9-11-27(12-10-26)33(29,30)20-6-4-17(5-7-20)22(23,24)25/h3-8,13-15H,9-12H2,1-2H3/b8-3+. The average molecular weight is 484 g/mol. The molecule has 7 nitrogen and oxygen atoms in total. The lowest BCUT2D eigenvalue weighted by molar-refractivity contribution is -0.137. The molecule has 0 bridgehead atoms. The minimum absolute atomic E-state index is 0.0376. The first-order chi connectivity index (χ1) is 15.5. The molecular weight excluding hydrogens is 461 g/mol. The van der Waals surface area contributed by atoms with E-state index in [-0.39, 0.29) is 37.0 Å². The van der Waals surface area contributed by atoms with E-state index in [4.69, 9.17) is 9.47 Å². The first-order valence-corrected chi connectivity index (χ1v) is 11.4. The lowest BCUT2D eigenvalue weighted by Gasteiger charge is -2.33. The van der Waals surface area contributed by atoms with Crippen molar-refractivity contribution in [2.45, 2.75) is 11.1 Å². The van der Waals surface area contributed by atoms with Crippen molar-refractivity contribution in [2.24, 2.45) is 0 Å². The highest BCUT2D eigenvalue weighted by molar-refractivity contribution is 7.89. The van der Waals surface area contributed by atoms with E-state index in [9.17, 15) is 26.4 Å². The van der Waals surface area contributed by atoms with Crippen LogP contribution in [0.15, 0.2) is 53.4 Å². The number of amides is 1. The van der Waals surface area contributed by atoms with E-state index < -0.39 is 21.8 Å². The van der Waals surface area contributed by atoms with E-state index in [1.807, 2.05) is 0 Å². The van der Waals surface area contributed by atoms with Crippen LogP contribution < -0.4 is 9.47 Å². The van der Waals surface area contributed by atoms with Crippen molar-refractivity contribution in [3.63, 3.8) is 0 Å². The van der Waals surface area contributed by atoms with Gasteiger partial charge in [-0.15, -0.1) is 0 Å². The number of carbonyl (C=O) groups is 1. The summed E-state index contributed by atoms with van der Waals surface area (Å²) in [6.45, 7) is 0.390. The van der Waals surface area contributed by atoms with Crippen molar-refractivity contribution in [1.82, 2.24) is 9.21 Å². The number of piperazine rings is 1. The smallest absolute Gasteiger partial charge is 0.416 e. The molecule has 1 fully saturated rings. The van der Waals surface area contributed by atoms with Gasteiger partial charge >= 0.3 is 6.18 Å². The van der Waals surface area contributed by atoms with Gasteiger partial charge in [-0.2, -0.15) is 17.5 Å². The Hall–Kier alpha value is -3.05. The van der Waals surface area contributed by atoms with Gasteiger partial charge in [0.05, 0.1) is 24.7 Å². The van der Waals surface area contributed by atoms with Crippen LogP contribution in [0, 0.1) is 0 Å². The van der Waals surface area contributed by atoms with Crippen LogP contribution in [-0.4, -0.2) is 63.9 Å². The highest BCUT2D eigenvalue weighted by atomic mass is 32.2. The fourth-order valence-corrected chi connectivity index (χ4v) is 4.73. The molecule has 0 aromatic heterocycles. The van der Waals surface area contributed by atoms with Crippen molar-refractivity contribution in [3.8, 4) is 11.5 Å². The molecule has 1 amide bonds. The molecule has 2 aromatic carbocycles. The molecule has 0 spiro atoms. The third kappa shape index (κ3) is 5.85. The number of carbonyl (C=O) groups excluding carboxylic acids is 1. The number of nitrogens with zero attached hydrogens (tertiary/aromatic N) is 2. The Morgan fingerprint density at radius 2 is 1.48 bits per heavy atom. The molecule has 0 radical (unpaired) electrons. The van der Waals surface area contributed by atoms with Gasteiger partial charge in [-0.05, 0) is 48.0 Å². The molecule has 2 aromatic rings. The zero-order valence-electron chi connectivity index (χ0n) is 18.0. The van der Waals surface area contributed by atoms with Crippen LogP contribution in [0.4, 0.5) is 13.2 Å². The molecular formula is C22H23F3N2O5S. The number of hydrogen-bond donors (Lipinski definition) is 0. The van der Waals surface area contributed by atoms with Gasteiger partial charge in [0, 0.05) is 38.3 Å². The molecule has 3 rings (SSSR count). The molecule has 0 N–H and O–H groups in total. The second-order valence-corrected chi connectivity index (χ2v) is 9.17. The van der Waals surface area contributed by atoms with E-state index in [0.717, 1.165) is 28.6 Å². The number of ether oxygens (including phenoxy) is 2. The summed E-state index contributed by atoms with van der Waals surface area (Å²) in [5, 5.41) is 0. The third-order valence-electron chi connectivity index (χ3n) is 5.16. The Bertz CT molecular complexity index is 1100. The minimum atomic E-state index is -4.54. The van der Waals surface area contributed by atoms with Crippen LogP contribution in [0.2, 0.25) is 0 Å². The van der Waals surface area contributed by atoms with Crippen LogP contribution >= 0.6 is 0 Å². The van der Waals surface area contributed by atoms with Gasteiger partial charge in [-0.3, -0.25) is 4.79 Å². The molecule has 1 heterocycles. The zero-order chi connectivity index (χ0) is 24.2. The normalized spacial score (nSPS) is 15.6. The van der Waals surface area contributed by atoms with Gasteiger partial charge in [0.25, 0.3) is 0 Å². The molecule has 0 aliphatic carbocycles. The van der Waals surface area contributed by atoms with E-state index in [0.29, 0.717) is 17.1 Å². The number of hydrogen-bond acceptors (Lipinski definition) is 5. The summed E-state index contributed by atoms with van der Waals surface area (Å²) in [6.07, 6.45) is -1.55. The van der Waals surface area contributed by atoms with Gasteiger partial charge in [-0.25, -0.2) is 8.42 Å². The number of halogens is 3. The van der Waals surface area contributed by atoms with E-state index in [1.165, 1.54) is 25.2 Å². The van der Waals surface area contributed by atoms with Gasteiger partial charge < -0.3 is 14.4 Å². The van der Waals surface area contributed by atoms with Crippen LogP contribution in [-0.2, 0) is 21.0 Å². The molecule has 33 heavy (non-hydrogen) atoms. The summed E-state index contributed by atoms with van der Waals surface area (Å²) >= 11 is 0. The molecule has 178 valence electrons. The van der Waals surface area contributed by atoms with Crippen molar-refractivity contribution in [1.29, 1.82) is 0 Å². The molecule has 0 unspecified atom stereocenters. The highest BCUT2D eigenvalue weighted by Gasteiger charge is 2.33. The molecule has 11 heteroatoms. The number of rotatable bonds is 6. The van der Waals surface area contributed by atoms with Crippen LogP contribution in [0.3, 0.4) is 0 Å². The first kappa shape index (κ1) is 24.6. The monoisotopic (exact) mass is 484 g/mol. The summed E-state index contributed by atoms with van der Waals surface area (Å²) in [5.41, 5.74) is -0.222. The molecule has 1 aliphatic heterocycles. The second kappa shape index (κ2) is 9.84. The Labute approximate surface area is 190 Å². The summed E-state index contributed by atoms with van der Waals surface area (Å²) in [4.78, 5) is 13.8. The molecule has 0 atom stereocenters. The Kier molecular flexibility index (Phi) is 7.33. The predicted molar refractivity (Wildman–Crippen MR) is 115 cm³/mol. The fourth-order valence-electron chi connectivity index (χ4n) is 3.31. The average Bonchev–Trinajstić information content (AvgIpc) is 2.81. The largest absolute Gasteiger partial charge is 0.497 e. The first-order valence-electron chi connectivity index (χ1n) is 9.92. The summed E-state index contributed by atoms with van der Waals surface area (Å²) in [6, 6.07) is 8.55. The van der Waals surface area contributed by atoms with Crippen LogP contribution in [0.25, 0.3) is 6.08 Å². The Morgan fingerprint density at radius 1 is 0.939 bits per heavy atom. The fraction of sp³-hybridized carbons (Fsp3) is 0.318. The molecule has 1 saturated heterocycles. The van der Waals surface area contributed by atoms with Crippen molar-refractivity contribution >= 4 is 22.0 Å². The second-order valence-electron chi connectivity index (χ2n) is 7.23. The topological polar surface area (TPSA) is 76.2 Å². The van der Waals surface area contributed by atoms with Gasteiger partial charge in [0.2, 0.25) is 15.9 Å². The maximum absolute atomic E-state index is 12.8. The van der Waals surface area contributed by atoms with Gasteiger partial charge in [0.1, 0.15) is 11.5 Å². The van der Waals surface area contributed by atoms with Gasteiger partial charge in [-0.1, -0.05) is 0 Å². The molecule has 1 aliphatic rings. The Morgan fingerprint density at radius 3 is 1.97 bits per heavy atom. The number of alkyl halides is 3. The lowest BCUT2D eigenvalue weighted by Crippen LogP contribution is -2.50. The zero-order valence-corrected chi connectivity index (χ0v) is 18.8. The minimum Gasteiger partial charge on any atom is -0.497 e. The summed E-state index contributed by atoms with van der Waals surface area (Å²) < 4.78 is 75.2. The predicted octanol–water partition coefficient (Wildman–Crippen LogP) is 3.27. The SMILES string of the molecule is COc1cc(/C=C/C(=O)N2CCN(S(=O)(=O)c3ccc(C(F)(F)F)cc3)CC2)cc(OC)c1. The number of methoxy groups -OCH3 is 2. The maximum atomic E-state index is 12.8. The van der Waals surface area contributed by atoms with Crippen LogP contribution in [0.1, 0.15) is 11.1 Å². The van der Waals surface area contributed by atoms with E-state index >= 15 is 0 Å². The quantitative estimate of drug-likeness (QED) is 0.589. The van der Waals surface area contributed by atoms with E-state index in [1.54, 1.807) is 24.3 Å². The lowest BCUT2D eigenvalue weighted by atomic mass is 10.2. The Balaban J connectivity index is 1.63. The summed E-state index contributed by atoms with van der Waals surface area (Å²) in [5.74, 6) is 0.857. The number of benzene rings is 2. The van der Waals surface area contributed by atoms with E-state index in [2.05, 4.69) is 0 Å². The van der Waals surface area contributed by atoms with Crippen molar-refractivity contribution < 1.29 is 35.9 Å². The highest BCUT2D eigenvalue weighted by Crippen LogP contribution is 2.30. The summed E-state index contributed by atoms with van der Waals surface area (Å²) in [7, 11) is -0.923. The third-order valence-corrected chi connectivity index (χ3v) is 7.07. The van der Waals surface area contributed by atoms with Crippen molar-refractivity contribution in [3.05, 3.63) is 59.7 Å². The van der Waals surface area contributed by atoms with Crippen molar-refractivity contribution in [2.75, 3.05) is 40.4 Å². The molecule has 0 saturated carbocycles. The van der Waals surface area contributed by atoms with Gasteiger partial charge in [0.15, 0.2) is 0 Å². The maximum Gasteiger partial charge on any atom is 0.416 e.